The smallest absolute Gasteiger partial charge is 0.0899 e. The van der Waals surface area contributed by atoms with E-state index in [-0.39, 0.29) is 0 Å². The van der Waals surface area contributed by atoms with Gasteiger partial charge in [-0.25, -0.2) is 4.98 Å². The fourth-order valence-electron chi connectivity index (χ4n) is 2.15. The van der Waals surface area contributed by atoms with E-state index in [4.69, 9.17) is 0 Å². The number of hydrogen-bond donors (Lipinski definition) is 0. The Morgan fingerprint density at radius 3 is 2.89 bits per heavy atom. The fraction of sp³-hybridized carbons (Fsp3) is 0. The van der Waals surface area contributed by atoms with E-state index in [0.717, 1.165) is 11.0 Å². The average molecular weight is 268 g/mol. The molecule has 0 amide bonds. The molecule has 0 N–H and O–H groups in total. The van der Waals surface area contributed by atoms with Crippen LogP contribution in [0.25, 0.3) is 31.6 Å². The fourth-order valence-corrected chi connectivity index (χ4v) is 3.74. The molecule has 0 fully saturated rings. The van der Waals surface area contributed by atoms with E-state index in [0.29, 0.717) is 0 Å². The van der Waals surface area contributed by atoms with Crippen LogP contribution in [0.3, 0.4) is 0 Å². The van der Waals surface area contributed by atoms with Crippen LogP contribution in [0.15, 0.2) is 48.0 Å². The zero-order valence-electron chi connectivity index (χ0n) is 9.33. The summed E-state index contributed by atoms with van der Waals surface area (Å²) >= 11 is 3.23. The van der Waals surface area contributed by atoms with Crippen molar-refractivity contribution in [2.24, 2.45) is 0 Å². The first-order valence-corrected chi connectivity index (χ1v) is 7.26. The minimum absolute atomic E-state index is 1.06. The number of nitrogens with zero attached hydrogens (tertiary/aromatic N) is 2. The van der Waals surface area contributed by atoms with E-state index in [1.54, 1.807) is 22.9 Å². The molecular weight excluding hydrogens is 260 g/mol. The molecule has 4 heteroatoms. The molecular formula is C14H8N2S2. The van der Waals surface area contributed by atoms with Crippen molar-refractivity contribution in [3.8, 4) is 10.4 Å². The van der Waals surface area contributed by atoms with Gasteiger partial charge in [0.15, 0.2) is 0 Å². The van der Waals surface area contributed by atoms with Gasteiger partial charge in [-0.2, -0.15) is 4.37 Å². The Morgan fingerprint density at radius 2 is 1.89 bits per heavy atom. The molecule has 86 valence electrons. The summed E-state index contributed by atoms with van der Waals surface area (Å²) in [4.78, 5) is 5.69. The summed E-state index contributed by atoms with van der Waals surface area (Å²) in [6.45, 7) is 0. The zero-order valence-corrected chi connectivity index (χ0v) is 11.0. The first-order valence-electron chi connectivity index (χ1n) is 5.60. The maximum Gasteiger partial charge on any atom is 0.0899 e. The molecule has 2 aromatic heterocycles. The van der Waals surface area contributed by atoms with Gasteiger partial charge < -0.3 is 0 Å². The Hall–Kier alpha value is -1.78. The Labute approximate surface area is 112 Å². The van der Waals surface area contributed by atoms with Gasteiger partial charge in [-0.1, -0.05) is 30.3 Å². The lowest BCUT2D eigenvalue weighted by atomic mass is 10.1. The molecule has 0 aliphatic carbocycles. The third-order valence-electron chi connectivity index (χ3n) is 2.99. The zero-order chi connectivity index (χ0) is 11.9. The van der Waals surface area contributed by atoms with E-state index in [9.17, 15) is 0 Å². The molecule has 0 aliphatic rings. The summed E-state index contributed by atoms with van der Waals surface area (Å²) < 4.78 is 5.73. The van der Waals surface area contributed by atoms with Crippen molar-refractivity contribution >= 4 is 44.0 Å². The van der Waals surface area contributed by atoms with Gasteiger partial charge in [0.1, 0.15) is 0 Å². The molecule has 0 atom stereocenters. The molecule has 0 spiro atoms. The predicted molar refractivity (Wildman–Crippen MR) is 78.2 cm³/mol. The van der Waals surface area contributed by atoms with Gasteiger partial charge in [0.05, 0.1) is 26.1 Å². The number of rotatable bonds is 1. The van der Waals surface area contributed by atoms with E-state index in [1.807, 2.05) is 11.6 Å². The van der Waals surface area contributed by atoms with Crippen molar-refractivity contribution in [2.45, 2.75) is 0 Å². The summed E-state index contributed by atoms with van der Waals surface area (Å²) in [5.41, 5.74) is 5.23. The minimum Gasteiger partial charge on any atom is -0.244 e. The van der Waals surface area contributed by atoms with Crippen LogP contribution in [0.4, 0.5) is 0 Å². The van der Waals surface area contributed by atoms with Crippen LogP contribution in [0.2, 0.25) is 0 Å². The number of thiazole rings is 1. The molecule has 0 aliphatic heterocycles. The van der Waals surface area contributed by atoms with Crippen LogP contribution in [0, 0.1) is 0 Å². The summed E-state index contributed by atoms with van der Waals surface area (Å²) in [5.74, 6) is 0. The van der Waals surface area contributed by atoms with Gasteiger partial charge in [0.25, 0.3) is 0 Å². The van der Waals surface area contributed by atoms with E-state index >= 15 is 0 Å². The molecule has 0 radical (unpaired) electrons. The van der Waals surface area contributed by atoms with Crippen molar-refractivity contribution in [1.82, 2.24) is 9.36 Å². The Morgan fingerprint density at radius 1 is 0.944 bits per heavy atom. The van der Waals surface area contributed by atoms with Crippen molar-refractivity contribution in [2.75, 3.05) is 0 Å². The number of aromatic nitrogens is 2. The second kappa shape index (κ2) is 3.86. The predicted octanol–water partition coefficient (Wildman–Crippen LogP) is 4.57. The topological polar surface area (TPSA) is 25.8 Å². The van der Waals surface area contributed by atoms with Crippen LogP contribution >= 0.6 is 22.9 Å². The van der Waals surface area contributed by atoms with Gasteiger partial charge in [0.2, 0.25) is 0 Å². The van der Waals surface area contributed by atoms with Crippen molar-refractivity contribution < 1.29 is 0 Å². The van der Waals surface area contributed by atoms with Gasteiger partial charge in [-0.05, 0) is 23.7 Å². The molecule has 2 heterocycles. The lowest BCUT2D eigenvalue weighted by molar-refractivity contribution is 1.50. The Bertz CT molecular complexity index is 845. The normalized spacial score (nSPS) is 11.3. The third kappa shape index (κ3) is 1.39. The molecule has 0 saturated carbocycles. The van der Waals surface area contributed by atoms with Gasteiger partial charge in [-0.15, -0.1) is 11.3 Å². The van der Waals surface area contributed by atoms with E-state index in [1.165, 1.54) is 20.5 Å². The molecule has 2 aromatic carbocycles. The van der Waals surface area contributed by atoms with Gasteiger partial charge in [-0.3, -0.25) is 0 Å². The van der Waals surface area contributed by atoms with Crippen LogP contribution in [0.1, 0.15) is 0 Å². The van der Waals surface area contributed by atoms with Crippen molar-refractivity contribution in [3.05, 3.63) is 48.0 Å². The number of fused-ring (bicyclic) bond motifs is 2. The highest BCUT2D eigenvalue weighted by molar-refractivity contribution is 7.17. The molecule has 0 saturated heterocycles. The third-order valence-corrected chi connectivity index (χ3v) is 4.69. The first kappa shape index (κ1) is 10.2. The van der Waals surface area contributed by atoms with Crippen molar-refractivity contribution in [1.29, 1.82) is 0 Å². The SMILES string of the molecule is c1ccc2c(-c3cccc4scnc34)snc2c1. The summed E-state index contributed by atoms with van der Waals surface area (Å²) in [6, 6.07) is 14.6. The minimum atomic E-state index is 1.06. The second-order valence-electron chi connectivity index (χ2n) is 4.03. The van der Waals surface area contributed by atoms with E-state index in [2.05, 4.69) is 45.8 Å². The Balaban J connectivity index is 2.10. The number of hydrogen-bond acceptors (Lipinski definition) is 4. The highest BCUT2D eigenvalue weighted by atomic mass is 32.1. The van der Waals surface area contributed by atoms with Crippen LogP contribution in [0.5, 0.6) is 0 Å². The van der Waals surface area contributed by atoms with Crippen LogP contribution in [-0.4, -0.2) is 9.36 Å². The Kier molecular flexibility index (Phi) is 2.18. The molecule has 18 heavy (non-hydrogen) atoms. The number of benzene rings is 2. The standard InChI is InChI=1S/C14H8N2S2/c1-2-6-11-9(4-1)14(18-16-11)10-5-3-7-12-13(10)15-8-17-12/h1-8H. The molecule has 4 aromatic rings. The second-order valence-corrected chi connectivity index (χ2v) is 5.69. The van der Waals surface area contributed by atoms with Crippen molar-refractivity contribution in [3.63, 3.8) is 0 Å². The molecule has 4 rings (SSSR count). The van der Waals surface area contributed by atoms with Gasteiger partial charge >= 0.3 is 0 Å². The lowest BCUT2D eigenvalue weighted by Crippen LogP contribution is -1.77. The largest absolute Gasteiger partial charge is 0.244 e. The first-order chi connectivity index (χ1) is 8.93. The summed E-state index contributed by atoms with van der Waals surface area (Å²) in [6.07, 6.45) is 0. The average Bonchev–Trinajstić information content (AvgIpc) is 3.05. The molecule has 0 bridgehead atoms. The lowest BCUT2D eigenvalue weighted by Gasteiger charge is -1.99. The maximum absolute atomic E-state index is 4.50. The molecule has 2 nitrogen and oxygen atoms in total. The van der Waals surface area contributed by atoms with Gasteiger partial charge in [0, 0.05) is 10.9 Å². The highest BCUT2D eigenvalue weighted by Crippen LogP contribution is 2.36. The summed E-state index contributed by atoms with van der Waals surface area (Å²) in [7, 11) is 0. The quantitative estimate of drug-likeness (QED) is 0.505. The maximum atomic E-state index is 4.50. The highest BCUT2D eigenvalue weighted by Gasteiger charge is 2.11. The number of para-hydroxylation sites is 1. The van der Waals surface area contributed by atoms with E-state index < -0.39 is 0 Å². The van der Waals surface area contributed by atoms with Crippen LogP contribution < -0.4 is 0 Å². The monoisotopic (exact) mass is 268 g/mol. The molecule has 0 unspecified atom stereocenters. The summed E-state index contributed by atoms with van der Waals surface area (Å²) in [5, 5.41) is 1.21. The van der Waals surface area contributed by atoms with Crippen LogP contribution in [-0.2, 0) is 0 Å².